The third-order valence-electron chi connectivity index (χ3n) is 2.30. The summed E-state index contributed by atoms with van der Waals surface area (Å²) in [7, 11) is 0. The zero-order chi connectivity index (χ0) is 9.52. The standard InChI is InChI=1S/C8H15N3O2/c12-8(6-11-13)10-5-7-1-3-9-4-2-7/h6-7,9,13H,1-5H2,(H,10,12)/p+1. The lowest BCUT2D eigenvalue weighted by atomic mass is 9.98. The molecule has 0 unspecified atom stereocenters. The van der Waals surface area contributed by atoms with Crippen LogP contribution in [0.1, 0.15) is 12.8 Å². The lowest BCUT2D eigenvalue weighted by molar-refractivity contribution is -0.664. The van der Waals surface area contributed by atoms with Crippen molar-refractivity contribution in [2.45, 2.75) is 12.8 Å². The average molecular weight is 186 g/mol. The first-order valence-electron chi connectivity index (χ1n) is 4.60. The van der Waals surface area contributed by atoms with E-state index in [0.717, 1.165) is 32.1 Å². The van der Waals surface area contributed by atoms with Gasteiger partial charge in [-0.2, -0.15) is 0 Å². The number of hydrogen-bond acceptors (Lipinski definition) is 3. The van der Waals surface area contributed by atoms with Crippen molar-refractivity contribution in [3.8, 4) is 0 Å². The monoisotopic (exact) mass is 186 g/mol. The Balaban J connectivity index is 2.13. The Hall–Kier alpha value is -1.10. The molecule has 1 aliphatic heterocycles. The van der Waals surface area contributed by atoms with Crippen LogP contribution in [-0.2, 0) is 4.79 Å². The Bertz CT molecular complexity index is 188. The van der Waals surface area contributed by atoms with Crippen molar-refractivity contribution in [2.24, 2.45) is 11.1 Å². The molecule has 0 aromatic heterocycles. The lowest BCUT2D eigenvalue weighted by Crippen LogP contribution is -2.86. The van der Waals surface area contributed by atoms with Crippen molar-refractivity contribution in [1.29, 1.82) is 0 Å². The molecule has 1 saturated heterocycles. The number of hydrogen-bond donors (Lipinski definition) is 3. The highest BCUT2D eigenvalue weighted by molar-refractivity contribution is 6.25. The molecule has 1 amide bonds. The minimum atomic E-state index is -0.322. The molecule has 0 aromatic carbocycles. The van der Waals surface area contributed by atoms with Crippen molar-refractivity contribution in [2.75, 3.05) is 19.6 Å². The predicted molar refractivity (Wildman–Crippen MR) is 47.7 cm³/mol. The molecule has 1 aliphatic rings. The third-order valence-corrected chi connectivity index (χ3v) is 2.30. The molecule has 4 N–H and O–H groups in total. The van der Waals surface area contributed by atoms with Gasteiger partial charge in [0.05, 0.1) is 13.1 Å². The number of quaternary nitrogens is 1. The topological polar surface area (TPSA) is 78.3 Å². The van der Waals surface area contributed by atoms with Crippen LogP contribution in [0.2, 0.25) is 0 Å². The number of oxime groups is 1. The van der Waals surface area contributed by atoms with Crippen molar-refractivity contribution in [1.82, 2.24) is 5.32 Å². The Kier molecular flexibility index (Phi) is 4.25. The first-order chi connectivity index (χ1) is 6.33. The van der Waals surface area contributed by atoms with Crippen LogP contribution < -0.4 is 10.6 Å². The average Bonchev–Trinajstić information content (AvgIpc) is 2.17. The number of nitrogens with two attached hydrogens (primary N) is 1. The van der Waals surface area contributed by atoms with E-state index in [1.165, 1.54) is 0 Å². The largest absolute Gasteiger partial charge is 0.411 e. The fraction of sp³-hybridized carbons (Fsp3) is 0.750. The molecule has 74 valence electrons. The second-order valence-electron chi connectivity index (χ2n) is 3.30. The number of amides is 1. The highest BCUT2D eigenvalue weighted by atomic mass is 16.4. The van der Waals surface area contributed by atoms with E-state index in [9.17, 15) is 4.79 Å². The third kappa shape index (κ3) is 3.89. The number of piperidine rings is 1. The summed E-state index contributed by atoms with van der Waals surface area (Å²) in [6, 6.07) is 0. The normalized spacial score (nSPS) is 19.1. The van der Waals surface area contributed by atoms with Crippen LogP contribution in [0, 0.1) is 5.92 Å². The maximum absolute atomic E-state index is 10.9. The molecule has 0 saturated carbocycles. The molecule has 1 heterocycles. The quantitative estimate of drug-likeness (QED) is 0.286. The summed E-state index contributed by atoms with van der Waals surface area (Å²) >= 11 is 0. The number of carbonyl (C=O) groups excluding carboxylic acids is 1. The summed E-state index contributed by atoms with van der Waals surface area (Å²) in [6.07, 6.45) is 3.18. The van der Waals surface area contributed by atoms with E-state index in [4.69, 9.17) is 5.21 Å². The van der Waals surface area contributed by atoms with Gasteiger partial charge in [-0.05, 0) is 5.92 Å². The molecule has 0 bridgehead atoms. The van der Waals surface area contributed by atoms with Crippen molar-refractivity contribution >= 4 is 12.1 Å². The summed E-state index contributed by atoms with van der Waals surface area (Å²) in [5.74, 6) is 0.262. The number of nitrogens with zero attached hydrogens (tertiary/aromatic N) is 1. The first-order valence-corrected chi connectivity index (χ1v) is 4.60. The van der Waals surface area contributed by atoms with Gasteiger partial charge in [-0.1, -0.05) is 5.16 Å². The van der Waals surface area contributed by atoms with Crippen molar-refractivity contribution in [3.63, 3.8) is 0 Å². The maximum Gasteiger partial charge on any atom is 0.265 e. The van der Waals surface area contributed by atoms with Gasteiger partial charge in [0.1, 0.15) is 6.21 Å². The van der Waals surface area contributed by atoms with E-state index in [2.05, 4.69) is 15.8 Å². The molecule has 5 nitrogen and oxygen atoms in total. The van der Waals surface area contributed by atoms with E-state index in [0.29, 0.717) is 12.5 Å². The molecule has 0 radical (unpaired) electrons. The molecular formula is C8H16N3O2+. The number of carbonyl (C=O) groups is 1. The van der Waals surface area contributed by atoms with Crippen LogP contribution in [0.25, 0.3) is 0 Å². The van der Waals surface area contributed by atoms with Crippen molar-refractivity contribution in [3.05, 3.63) is 0 Å². The van der Waals surface area contributed by atoms with E-state index in [-0.39, 0.29) is 5.91 Å². The fourth-order valence-corrected chi connectivity index (χ4v) is 1.54. The zero-order valence-electron chi connectivity index (χ0n) is 7.57. The van der Waals surface area contributed by atoms with Gasteiger partial charge in [0.2, 0.25) is 0 Å². The molecule has 0 aliphatic carbocycles. The Morgan fingerprint density at radius 3 is 2.92 bits per heavy atom. The summed E-state index contributed by atoms with van der Waals surface area (Å²) in [6.45, 7) is 2.99. The van der Waals surface area contributed by atoms with Crippen molar-refractivity contribution < 1.29 is 15.3 Å². The lowest BCUT2D eigenvalue weighted by Gasteiger charge is -2.19. The van der Waals surface area contributed by atoms with E-state index in [1.54, 1.807) is 0 Å². The van der Waals surface area contributed by atoms with E-state index in [1.807, 2.05) is 0 Å². The molecule has 5 heteroatoms. The molecule has 0 spiro atoms. The van der Waals surface area contributed by atoms with Crippen LogP contribution in [0.4, 0.5) is 0 Å². The van der Waals surface area contributed by atoms with Gasteiger partial charge >= 0.3 is 0 Å². The van der Waals surface area contributed by atoms with Crippen LogP contribution in [0.5, 0.6) is 0 Å². The smallest absolute Gasteiger partial charge is 0.265 e. The highest BCUT2D eigenvalue weighted by Gasteiger charge is 2.15. The van der Waals surface area contributed by atoms with Crippen LogP contribution >= 0.6 is 0 Å². The van der Waals surface area contributed by atoms with Gasteiger partial charge in [0.15, 0.2) is 0 Å². The second kappa shape index (κ2) is 5.53. The Labute approximate surface area is 77.2 Å². The molecule has 13 heavy (non-hydrogen) atoms. The van der Waals surface area contributed by atoms with Gasteiger partial charge in [-0.25, -0.2) is 0 Å². The Morgan fingerprint density at radius 2 is 2.31 bits per heavy atom. The minimum Gasteiger partial charge on any atom is -0.411 e. The summed E-state index contributed by atoms with van der Waals surface area (Å²) in [5.41, 5.74) is 0. The molecule has 0 aromatic rings. The molecule has 0 atom stereocenters. The van der Waals surface area contributed by atoms with Gasteiger partial charge in [-0.3, -0.25) is 4.79 Å². The molecule has 1 fully saturated rings. The Morgan fingerprint density at radius 1 is 1.62 bits per heavy atom. The predicted octanol–water partition coefficient (Wildman–Crippen LogP) is -1.46. The zero-order valence-corrected chi connectivity index (χ0v) is 7.57. The van der Waals surface area contributed by atoms with E-state index < -0.39 is 0 Å². The van der Waals surface area contributed by atoms with Gasteiger partial charge < -0.3 is 15.8 Å². The summed E-state index contributed by atoms with van der Waals surface area (Å²) < 4.78 is 0. The number of nitrogens with one attached hydrogen (secondary N) is 1. The van der Waals surface area contributed by atoms with Gasteiger partial charge in [0, 0.05) is 19.4 Å². The maximum atomic E-state index is 10.9. The van der Waals surface area contributed by atoms with Gasteiger partial charge in [0.25, 0.3) is 5.91 Å². The SMILES string of the molecule is O=C(C=NO)NCC1CC[NH2+]CC1. The first kappa shape index (κ1) is 9.98. The fourth-order valence-electron chi connectivity index (χ4n) is 1.54. The summed E-state index contributed by atoms with van der Waals surface area (Å²) in [4.78, 5) is 10.9. The molecular weight excluding hydrogens is 170 g/mol. The van der Waals surface area contributed by atoms with Gasteiger partial charge in [-0.15, -0.1) is 0 Å². The second-order valence-corrected chi connectivity index (χ2v) is 3.30. The minimum absolute atomic E-state index is 0.322. The molecule has 1 rings (SSSR count). The summed E-state index contributed by atoms with van der Waals surface area (Å²) in [5, 5.41) is 15.7. The van der Waals surface area contributed by atoms with Crippen LogP contribution in [0.15, 0.2) is 5.16 Å². The van der Waals surface area contributed by atoms with Crippen LogP contribution in [0.3, 0.4) is 0 Å². The van der Waals surface area contributed by atoms with E-state index >= 15 is 0 Å². The highest BCUT2D eigenvalue weighted by Crippen LogP contribution is 2.06. The number of rotatable bonds is 3. The van der Waals surface area contributed by atoms with Crippen LogP contribution in [-0.4, -0.2) is 37.0 Å².